The fourth-order valence-corrected chi connectivity index (χ4v) is 2.40. The molecule has 0 spiro atoms. The quantitative estimate of drug-likeness (QED) is 0.856. The van der Waals surface area contributed by atoms with Crippen LogP contribution >= 0.6 is 0 Å². The van der Waals surface area contributed by atoms with Crippen LogP contribution in [0.3, 0.4) is 0 Å². The monoisotopic (exact) mass is 261 g/mol. The van der Waals surface area contributed by atoms with E-state index in [4.69, 9.17) is 15.2 Å². The Labute approximate surface area is 115 Å². The molecule has 0 unspecified atom stereocenters. The first-order valence-electron chi connectivity index (χ1n) is 7.51. The molecule has 3 heteroatoms. The third-order valence-corrected chi connectivity index (χ3v) is 4.13. The maximum Gasteiger partial charge on any atom is 0.161 e. The van der Waals surface area contributed by atoms with Crippen LogP contribution < -0.4 is 15.2 Å². The Bertz CT molecular complexity index is 425. The molecular formula is C16H23NO2. The zero-order valence-electron chi connectivity index (χ0n) is 11.4. The van der Waals surface area contributed by atoms with Gasteiger partial charge in [0, 0.05) is 0 Å². The molecule has 0 saturated heterocycles. The minimum absolute atomic E-state index is 0.386. The largest absolute Gasteiger partial charge is 0.487 e. The van der Waals surface area contributed by atoms with Crippen molar-refractivity contribution in [3.05, 3.63) is 23.8 Å². The van der Waals surface area contributed by atoms with Crippen LogP contribution in [0.1, 0.15) is 44.1 Å². The van der Waals surface area contributed by atoms with Crippen molar-refractivity contribution in [1.29, 1.82) is 0 Å². The Morgan fingerprint density at radius 1 is 0.947 bits per heavy atom. The number of nitrogens with two attached hydrogens (primary N) is 1. The van der Waals surface area contributed by atoms with Crippen LogP contribution in [0.5, 0.6) is 11.5 Å². The Kier molecular flexibility index (Phi) is 3.92. The molecule has 0 atom stereocenters. The molecular weight excluding hydrogens is 238 g/mol. The zero-order valence-corrected chi connectivity index (χ0v) is 11.4. The van der Waals surface area contributed by atoms with E-state index in [1.807, 2.05) is 0 Å². The molecule has 104 valence electrons. The van der Waals surface area contributed by atoms with Crippen molar-refractivity contribution in [1.82, 2.24) is 0 Å². The van der Waals surface area contributed by atoms with Gasteiger partial charge in [0.25, 0.3) is 0 Å². The van der Waals surface area contributed by atoms with Gasteiger partial charge in [0.05, 0.1) is 12.2 Å². The molecule has 2 N–H and O–H groups in total. The second-order valence-corrected chi connectivity index (χ2v) is 5.66. The third kappa shape index (κ3) is 3.03. The summed E-state index contributed by atoms with van der Waals surface area (Å²) in [5, 5.41) is 0. The van der Waals surface area contributed by atoms with Gasteiger partial charge in [-0.05, 0) is 69.2 Å². The minimum Gasteiger partial charge on any atom is -0.487 e. The lowest BCUT2D eigenvalue weighted by atomic mass is 9.95. The number of hydrogen-bond donors (Lipinski definition) is 1. The topological polar surface area (TPSA) is 44.5 Å². The molecule has 19 heavy (non-hydrogen) atoms. The lowest BCUT2D eigenvalue weighted by molar-refractivity contribution is 0.0906. The molecule has 0 aromatic heterocycles. The Hall–Kier alpha value is -1.22. The summed E-state index contributed by atoms with van der Waals surface area (Å²) in [4.78, 5) is 0. The maximum atomic E-state index is 6.07. The van der Waals surface area contributed by atoms with Crippen molar-refractivity contribution >= 4 is 0 Å². The highest BCUT2D eigenvalue weighted by Gasteiger charge is 2.24. The van der Waals surface area contributed by atoms with E-state index in [2.05, 4.69) is 18.2 Å². The van der Waals surface area contributed by atoms with E-state index >= 15 is 0 Å². The van der Waals surface area contributed by atoms with Gasteiger partial charge < -0.3 is 15.2 Å². The molecule has 1 aromatic carbocycles. The smallest absolute Gasteiger partial charge is 0.161 e. The second kappa shape index (κ2) is 5.83. The van der Waals surface area contributed by atoms with Crippen molar-refractivity contribution < 1.29 is 9.47 Å². The SMILES string of the molecule is NCCc1ccc(OC2CCC2)c(OC2CCC2)c1. The summed E-state index contributed by atoms with van der Waals surface area (Å²) in [5.74, 6) is 1.83. The van der Waals surface area contributed by atoms with Crippen molar-refractivity contribution in [3.8, 4) is 11.5 Å². The fourth-order valence-electron chi connectivity index (χ4n) is 2.40. The molecule has 0 heterocycles. The molecule has 0 amide bonds. The third-order valence-electron chi connectivity index (χ3n) is 4.13. The Morgan fingerprint density at radius 2 is 1.58 bits per heavy atom. The van der Waals surface area contributed by atoms with E-state index in [9.17, 15) is 0 Å². The van der Waals surface area contributed by atoms with Gasteiger partial charge >= 0.3 is 0 Å². The van der Waals surface area contributed by atoms with Gasteiger partial charge in [0.1, 0.15) is 0 Å². The predicted molar refractivity (Wildman–Crippen MR) is 75.7 cm³/mol. The van der Waals surface area contributed by atoms with Crippen molar-refractivity contribution in [2.24, 2.45) is 5.73 Å². The van der Waals surface area contributed by atoms with Crippen molar-refractivity contribution in [3.63, 3.8) is 0 Å². The van der Waals surface area contributed by atoms with E-state index in [0.29, 0.717) is 18.8 Å². The zero-order chi connectivity index (χ0) is 13.1. The first-order chi connectivity index (χ1) is 9.35. The van der Waals surface area contributed by atoms with Gasteiger partial charge in [-0.1, -0.05) is 6.07 Å². The van der Waals surface area contributed by atoms with Crippen LogP contribution in [-0.2, 0) is 6.42 Å². The molecule has 1 aromatic rings. The van der Waals surface area contributed by atoms with Crippen LogP contribution in [0.2, 0.25) is 0 Å². The molecule has 0 bridgehead atoms. The highest BCUT2D eigenvalue weighted by atomic mass is 16.5. The van der Waals surface area contributed by atoms with E-state index in [0.717, 1.165) is 17.9 Å². The van der Waals surface area contributed by atoms with Crippen LogP contribution in [0, 0.1) is 0 Å². The number of benzene rings is 1. The summed E-state index contributed by atoms with van der Waals surface area (Å²) in [6.45, 7) is 0.672. The predicted octanol–water partition coefficient (Wildman–Crippen LogP) is 3.05. The average Bonchev–Trinajstić information content (AvgIpc) is 2.31. The average molecular weight is 261 g/mol. The number of rotatable bonds is 6. The first kappa shape index (κ1) is 12.8. The van der Waals surface area contributed by atoms with E-state index in [1.165, 1.54) is 44.1 Å². The van der Waals surface area contributed by atoms with Gasteiger partial charge in [-0.15, -0.1) is 0 Å². The number of ether oxygens (including phenoxy) is 2. The fraction of sp³-hybridized carbons (Fsp3) is 0.625. The van der Waals surface area contributed by atoms with Crippen LogP contribution in [0.25, 0.3) is 0 Å². The summed E-state index contributed by atoms with van der Waals surface area (Å²) >= 11 is 0. The highest BCUT2D eigenvalue weighted by molar-refractivity contribution is 5.43. The van der Waals surface area contributed by atoms with Crippen LogP contribution in [-0.4, -0.2) is 18.8 Å². The van der Waals surface area contributed by atoms with Gasteiger partial charge in [0.15, 0.2) is 11.5 Å². The van der Waals surface area contributed by atoms with Crippen molar-refractivity contribution in [2.75, 3.05) is 6.54 Å². The summed E-state index contributed by atoms with van der Waals surface area (Å²) in [5.41, 5.74) is 6.86. The highest BCUT2D eigenvalue weighted by Crippen LogP contribution is 2.36. The Balaban J connectivity index is 1.74. The lowest BCUT2D eigenvalue weighted by Crippen LogP contribution is -2.27. The molecule has 0 aliphatic heterocycles. The molecule has 3 nitrogen and oxygen atoms in total. The molecule has 2 saturated carbocycles. The maximum absolute atomic E-state index is 6.07. The minimum atomic E-state index is 0.386. The summed E-state index contributed by atoms with van der Waals surface area (Å²) in [7, 11) is 0. The van der Waals surface area contributed by atoms with Gasteiger partial charge in [-0.2, -0.15) is 0 Å². The van der Waals surface area contributed by atoms with Gasteiger partial charge in [-0.25, -0.2) is 0 Å². The van der Waals surface area contributed by atoms with Gasteiger partial charge in [0.2, 0.25) is 0 Å². The van der Waals surface area contributed by atoms with Crippen LogP contribution in [0.4, 0.5) is 0 Å². The van der Waals surface area contributed by atoms with E-state index in [-0.39, 0.29) is 0 Å². The van der Waals surface area contributed by atoms with E-state index in [1.54, 1.807) is 0 Å². The second-order valence-electron chi connectivity index (χ2n) is 5.66. The lowest BCUT2D eigenvalue weighted by Gasteiger charge is -2.30. The van der Waals surface area contributed by atoms with E-state index < -0.39 is 0 Å². The van der Waals surface area contributed by atoms with Gasteiger partial charge in [-0.3, -0.25) is 0 Å². The molecule has 2 fully saturated rings. The standard InChI is InChI=1S/C16H23NO2/c17-10-9-12-7-8-15(18-13-3-1-4-13)16(11-12)19-14-5-2-6-14/h7-8,11,13-14H,1-6,9-10,17H2. The molecule has 0 radical (unpaired) electrons. The number of hydrogen-bond acceptors (Lipinski definition) is 3. The summed E-state index contributed by atoms with van der Waals surface area (Å²) in [6.07, 6.45) is 8.93. The summed E-state index contributed by atoms with van der Waals surface area (Å²) < 4.78 is 12.1. The normalized spacial score (nSPS) is 19.6. The molecule has 2 aliphatic carbocycles. The van der Waals surface area contributed by atoms with Crippen LogP contribution in [0.15, 0.2) is 18.2 Å². The summed E-state index contributed by atoms with van der Waals surface area (Å²) in [6, 6.07) is 6.27. The first-order valence-corrected chi connectivity index (χ1v) is 7.51. The molecule has 2 aliphatic rings. The molecule has 3 rings (SSSR count). The van der Waals surface area contributed by atoms with Crippen molar-refractivity contribution in [2.45, 2.75) is 57.2 Å². The Morgan fingerprint density at radius 3 is 2.11 bits per heavy atom.